The number of rotatable bonds is 14. The second-order valence-corrected chi connectivity index (χ2v) is 6.10. The van der Waals surface area contributed by atoms with Crippen molar-refractivity contribution in [1.29, 1.82) is 0 Å². The number of carbonyl (C=O) groups excluding carboxylic acids is 4. The largest absolute Gasteiger partial charge is 0.481 e. The summed E-state index contributed by atoms with van der Waals surface area (Å²) in [6, 6.07) is -6.40. The summed E-state index contributed by atoms with van der Waals surface area (Å²) in [4.78, 5) is 69.0. The van der Waals surface area contributed by atoms with Crippen molar-refractivity contribution in [2.75, 3.05) is 13.2 Å². The topological polar surface area (TPSA) is 271 Å². The van der Waals surface area contributed by atoms with Gasteiger partial charge in [-0.25, -0.2) is 4.79 Å². The molecule has 15 heteroatoms. The van der Waals surface area contributed by atoms with Crippen molar-refractivity contribution < 1.29 is 49.2 Å². The minimum atomic E-state index is -1.71. The first-order valence-electron chi connectivity index (χ1n) is 8.54. The first-order valence-corrected chi connectivity index (χ1v) is 8.54. The van der Waals surface area contributed by atoms with Gasteiger partial charge in [-0.05, 0) is 6.42 Å². The number of aliphatic hydroxyl groups is 2. The molecule has 0 aliphatic rings. The minimum Gasteiger partial charge on any atom is -0.481 e. The number of primary amides is 1. The first-order chi connectivity index (χ1) is 13.9. The fourth-order valence-corrected chi connectivity index (χ4v) is 2.03. The van der Waals surface area contributed by atoms with E-state index in [0.29, 0.717) is 0 Å². The van der Waals surface area contributed by atoms with Gasteiger partial charge < -0.3 is 47.8 Å². The van der Waals surface area contributed by atoms with Crippen LogP contribution in [0, 0.1) is 0 Å². The highest BCUT2D eigenvalue weighted by molar-refractivity contribution is 5.95. The van der Waals surface area contributed by atoms with Crippen LogP contribution in [0.15, 0.2) is 0 Å². The van der Waals surface area contributed by atoms with Crippen molar-refractivity contribution in [3.8, 4) is 0 Å². The van der Waals surface area contributed by atoms with E-state index in [0.717, 1.165) is 0 Å². The molecule has 0 saturated carbocycles. The van der Waals surface area contributed by atoms with Crippen molar-refractivity contribution in [3.05, 3.63) is 0 Å². The van der Waals surface area contributed by atoms with E-state index < -0.39 is 79.4 Å². The van der Waals surface area contributed by atoms with Crippen molar-refractivity contribution in [3.63, 3.8) is 0 Å². The van der Waals surface area contributed by atoms with Gasteiger partial charge >= 0.3 is 11.9 Å². The molecule has 0 aromatic rings. The predicted octanol–water partition coefficient (Wildman–Crippen LogP) is -5.42. The lowest BCUT2D eigenvalue weighted by Gasteiger charge is -2.23. The number of aliphatic hydroxyl groups excluding tert-OH is 2. The van der Waals surface area contributed by atoms with Gasteiger partial charge in [0.15, 0.2) is 0 Å². The number of carboxylic acids is 2. The zero-order valence-electron chi connectivity index (χ0n) is 15.7. The second-order valence-electron chi connectivity index (χ2n) is 6.10. The quantitative estimate of drug-likeness (QED) is 0.124. The van der Waals surface area contributed by atoms with Crippen LogP contribution in [0.1, 0.15) is 19.3 Å². The Kier molecular flexibility index (Phi) is 11.6. The lowest BCUT2D eigenvalue weighted by atomic mass is 10.1. The fourth-order valence-electron chi connectivity index (χ4n) is 2.03. The third kappa shape index (κ3) is 9.76. The molecule has 15 nitrogen and oxygen atoms in total. The number of carboxylic acid groups (broad SMARTS) is 2. The van der Waals surface area contributed by atoms with E-state index in [1.807, 2.05) is 16.0 Å². The highest BCUT2D eigenvalue weighted by Gasteiger charge is 2.31. The second kappa shape index (κ2) is 13.0. The molecule has 0 saturated heterocycles. The van der Waals surface area contributed by atoms with Gasteiger partial charge in [0.25, 0.3) is 0 Å². The molecule has 4 amide bonds. The molecule has 0 bridgehead atoms. The molecule has 4 atom stereocenters. The normalized spacial score (nSPS) is 14.5. The molecule has 0 fully saturated rings. The maximum absolute atomic E-state index is 12.3. The number of hydrogen-bond acceptors (Lipinski definition) is 9. The van der Waals surface area contributed by atoms with Crippen LogP contribution in [0.5, 0.6) is 0 Å². The Labute approximate surface area is 169 Å². The van der Waals surface area contributed by atoms with E-state index in [2.05, 4.69) is 0 Å². The molecule has 170 valence electrons. The van der Waals surface area contributed by atoms with Gasteiger partial charge in [-0.2, -0.15) is 0 Å². The zero-order valence-corrected chi connectivity index (χ0v) is 15.7. The summed E-state index contributed by atoms with van der Waals surface area (Å²) in [7, 11) is 0. The number of aliphatic carboxylic acids is 2. The Morgan fingerprint density at radius 1 is 0.767 bits per heavy atom. The molecule has 0 spiro atoms. The maximum Gasteiger partial charge on any atom is 0.326 e. The molecule has 0 aliphatic heterocycles. The first kappa shape index (κ1) is 26.7. The predicted molar refractivity (Wildman–Crippen MR) is 96.3 cm³/mol. The lowest BCUT2D eigenvalue weighted by molar-refractivity contribution is -0.143. The van der Waals surface area contributed by atoms with E-state index in [9.17, 15) is 33.9 Å². The molecule has 0 rings (SSSR count). The van der Waals surface area contributed by atoms with Crippen LogP contribution in [0.2, 0.25) is 0 Å². The van der Waals surface area contributed by atoms with Crippen LogP contribution in [0.3, 0.4) is 0 Å². The van der Waals surface area contributed by atoms with Crippen LogP contribution in [-0.2, 0) is 28.8 Å². The van der Waals surface area contributed by atoms with Crippen molar-refractivity contribution in [2.24, 2.45) is 11.5 Å². The molecule has 0 aromatic heterocycles. The Balaban J connectivity index is 5.20. The molecular weight excluding hydrogens is 410 g/mol. The highest BCUT2D eigenvalue weighted by Crippen LogP contribution is 2.00. The lowest BCUT2D eigenvalue weighted by Crippen LogP contribution is -2.58. The standard InChI is InChI=1S/C15H25N5O10/c16-6(4-21)12(26)19-8(3-11(24)25)13(27)20-9(5-22)14(28)18-7(15(29)30)1-2-10(17)23/h6-9,21-22H,1-5,16H2,(H2,17,23)(H,18,28)(H,19,26)(H,20,27)(H,24,25)(H,29,30). The SMILES string of the molecule is NC(=O)CCC(NC(=O)C(CO)NC(=O)C(CC(=O)O)NC(=O)C(N)CO)C(=O)O. The van der Waals surface area contributed by atoms with Crippen LogP contribution in [-0.4, -0.2) is 93.4 Å². The summed E-state index contributed by atoms with van der Waals surface area (Å²) in [6.07, 6.45) is -1.61. The van der Waals surface area contributed by atoms with E-state index >= 15 is 0 Å². The van der Waals surface area contributed by atoms with Crippen molar-refractivity contribution in [1.82, 2.24) is 16.0 Å². The van der Waals surface area contributed by atoms with Crippen LogP contribution in [0.25, 0.3) is 0 Å². The van der Waals surface area contributed by atoms with E-state index in [1.54, 1.807) is 0 Å². The van der Waals surface area contributed by atoms with Gasteiger partial charge in [-0.15, -0.1) is 0 Å². The van der Waals surface area contributed by atoms with Crippen molar-refractivity contribution >= 4 is 35.6 Å². The third-order valence-corrected chi connectivity index (χ3v) is 3.65. The molecule has 0 heterocycles. The van der Waals surface area contributed by atoms with Crippen LogP contribution < -0.4 is 27.4 Å². The Bertz CT molecular complexity index is 670. The zero-order chi connectivity index (χ0) is 23.4. The van der Waals surface area contributed by atoms with E-state index in [4.69, 9.17) is 26.8 Å². The van der Waals surface area contributed by atoms with E-state index in [1.165, 1.54) is 0 Å². The van der Waals surface area contributed by atoms with Crippen LogP contribution in [0.4, 0.5) is 0 Å². The summed E-state index contributed by atoms with van der Waals surface area (Å²) in [6.45, 7) is -1.78. The third-order valence-electron chi connectivity index (χ3n) is 3.65. The molecule has 11 N–H and O–H groups in total. The number of carbonyl (C=O) groups is 6. The minimum absolute atomic E-state index is 0.348. The monoisotopic (exact) mass is 435 g/mol. The number of nitrogens with one attached hydrogen (secondary N) is 3. The Hall–Kier alpha value is -3.30. The smallest absolute Gasteiger partial charge is 0.326 e. The summed E-state index contributed by atoms with van der Waals surface area (Å²) < 4.78 is 0. The molecule has 0 aliphatic carbocycles. The summed E-state index contributed by atoms with van der Waals surface area (Å²) in [5.74, 6) is -7.17. The fraction of sp³-hybridized carbons (Fsp3) is 0.600. The molecule has 0 radical (unpaired) electrons. The number of hydrogen-bond donors (Lipinski definition) is 9. The van der Waals surface area contributed by atoms with Gasteiger partial charge in [-0.3, -0.25) is 24.0 Å². The molecule has 0 aromatic carbocycles. The molecule has 4 unspecified atom stereocenters. The van der Waals surface area contributed by atoms with Crippen molar-refractivity contribution in [2.45, 2.75) is 43.4 Å². The van der Waals surface area contributed by atoms with Gasteiger partial charge in [0.1, 0.15) is 24.2 Å². The van der Waals surface area contributed by atoms with Gasteiger partial charge in [0, 0.05) is 6.42 Å². The average molecular weight is 435 g/mol. The number of amides is 4. The maximum atomic E-state index is 12.3. The average Bonchev–Trinajstić information content (AvgIpc) is 2.66. The summed E-state index contributed by atoms with van der Waals surface area (Å²) >= 11 is 0. The molecule has 30 heavy (non-hydrogen) atoms. The Morgan fingerprint density at radius 2 is 1.27 bits per heavy atom. The van der Waals surface area contributed by atoms with Crippen LogP contribution >= 0.6 is 0 Å². The van der Waals surface area contributed by atoms with E-state index in [-0.39, 0.29) is 12.8 Å². The van der Waals surface area contributed by atoms with Gasteiger partial charge in [0.2, 0.25) is 23.6 Å². The summed E-state index contributed by atoms with van der Waals surface area (Å²) in [5, 5.41) is 42.1. The Morgan fingerprint density at radius 3 is 1.70 bits per heavy atom. The van der Waals surface area contributed by atoms with Gasteiger partial charge in [0.05, 0.1) is 19.6 Å². The summed E-state index contributed by atoms with van der Waals surface area (Å²) in [5.41, 5.74) is 10.2. The molecular formula is C15H25N5O10. The highest BCUT2D eigenvalue weighted by atomic mass is 16.4. The number of nitrogens with two attached hydrogens (primary N) is 2. The van der Waals surface area contributed by atoms with Gasteiger partial charge in [-0.1, -0.05) is 0 Å².